The van der Waals surface area contributed by atoms with E-state index in [0.717, 1.165) is 36.1 Å². The lowest BCUT2D eigenvalue weighted by molar-refractivity contribution is 0.384. The number of benzene rings is 1. The first kappa shape index (κ1) is 13.4. The van der Waals surface area contributed by atoms with Gasteiger partial charge in [0.25, 0.3) is 0 Å². The van der Waals surface area contributed by atoms with E-state index in [9.17, 15) is 0 Å². The van der Waals surface area contributed by atoms with E-state index in [1.54, 1.807) is 12.4 Å². The van der Waals surface area contributed by atoms with Crippen LogP contribution in [0.1, 0.15) is 17.7 Å². The lowest BCUT2D eigenvalue weighted by Crippen LogP contribution is -1.93. The monoisotopic (exact) mass is 279 g/mol. The van der Waals surface area contributed by atoms with Gasteiger partial charge < -0.3 is 10.3 Å². The lowest BCUT2D eigenvalue weighted by atomic mass is 10.0. The Morgan fingerprint density at radius 3 is 2.48 bits per heavy atom. The third kappa shape index (κ3) is 3.11. The van der Waals surface area contributed by atoms with E-state index < -0.39 is 0 Å². The third-order valence-corrected chi connectivity index (χ3v) is 3.47. The van der Waals surface area contributed by atoms with Gasteiger partial charge in [-0.1, -0.05) is 35.5 Å². The Balaban J connectivity index is 1.72. The predicted octanol–water partition coefficient (Wildman–Crippen LogP) is 3.49. The first-order chi connectivity index (χ1) is 10.3. The average Bonchev–Trinajstić information content (AvgIpc) is 2.90. The Labute approximate surface area is 123 Å². The molecule has 0 amide bonds. The Morgan fingerprint density at radius 1 is 0.952 bits per heavy atom. The van der Waals surface area contributed by atoms with Gasteiger partial charge in [0, 0.05) is 18.8 Å². The molecule has 0 saturated carbocycles. The van der Waals surface area contributed by atoms with E-state index >= 15 is 0 Å². The summed E-state index contributed by atoms with van der Waals surface area (Å²) < 4.78 is 5.39. The molecule has 0 atom stereocenters. The van der Waals surface area contributed by atoms with Crippen LogP contribution in [0.3, 0.4) is 0 Å². The summed E-state index contributed by atoms with van der Waals surface area (Å²) in [5, 5.41) is 3.90. The van der Waals surface area contributed by atoms with Crippen molar-refractivity contribution in [2.75, 3.05) is 5.73 Å². The van der Waals surface area contributed by atoms with Crippen LogP contribution < -0.4 is 5.73 Å². The molecule has 21 heavy (non-hydrogen) atoms. The molecule has 0 saturated heterocycles. The predicted molar refractivity (Wildman–Crippen MR) is 82.6 cm³/mol. The van der Waals surface area contributed by atoms with Crippen LogP contribution in [-0.4, -0.2) is 10.1 Å². The maximum Gasteiger partial charge on any atom is 0.175 e. The summed E-state index contributed by atoms with van der Waals surface area (Å²) in [5.74, 6) is 1.28. The molecule has 0 aliphatic rings. The highest BCUT2D eigenvalue weighted by atomic mass is 16.5. The van der Waals surface area contributed by atoms with Gasteiger partial charge in [-0.3, -0.25) is 4.98 Å². The minimum Gasteiger partial charge on any atom is -0.380 e. The van der Waals surface area contributed by atoms with Gasteiger partial charge in [-0.05, 0) is 36.1 Å². The third-order valence-electron chi connectivity index (χ3n) is 3.47. The highest BCUT2D eigenvalue weighted by molar-refractivity contribution is 5.75. The van der Waals surface area contributed by atoms with Crippen molar-refractivity contribution in [3.05, 3.63) is 66.2 Å². The molecule has 2 N–H and O–H groups in total. The molecule has 0 fully saturated rings. The highest BCUT2D eigenvalue weighted by Crippen LogP contribution is 2.30. The van der Waals surface area contributed by atoms with Crippen LogP contribution in [0.4, 0.5) is 5.82 Å². The van der Waals surface area contributed by atoms with Crippen molar-refractivity contribution >= 4 is 5.82 Å². The number of pyridine rings is 1. The maximum absolute atomic E-state index is 5.93. The van der Waals surface area contributed by atoms with Crippen LogP contribution >= 0.6 is 0 Å². The fraction of sp³-hybridized carbons (Fsp3) is 0.176. The first-order valence-electron chi connectivity index (χ1n) is 7.03. The van der Waals surface area contributed by atoms with Crippen LogP contribution in [0.25, 0.3) is 11.1 Å². The molecular formula is C17H17N3O. The number of nitrogens with zero attached hydrogens (tertiary/aromatic N) is 2. The summed E-state index contributed by atoms with van der Waals surface area (Å²) in [6, 6.07) is 14.3. The molecule has 4 heteroatoms. The van der Waals surface area contributed by atoms with E-state index in [-0.39, 0.29) is 0 Å². The second kappa shape index (κ2) is 6.22. The van der Waals surface area contributed by atoms with Gasteiger partial charge in [-0.2, -0.15) is 0 Å². The summed E-state index contributed by atoms with van der Waals surface area (Å²) in [4.78, 5) is 4.02. The minimum atomic E-state index is 0.441. The quantitative estimate of drug-likeness (QED) is 0.776. The summed E-state index contributed by atoms with van der Waals surface area (Å²) in [7, 11) is 0. The number of nitrogens with two attached hydrogens (primary N) is 1. The lowest BCUT2D eigenvalue weighted by Gasteiger charge is -2.03. The zero-order chi connectivity index (χ0) is 14.5. The fourth-order valence-corrected chi connectivity index (χ4v) is 2.43. The second-order valence-corrected chi connectivity index (χ2v) is 4.94. The summed E-state index contributed by atoms with van der Waals surface area (Å²) in [5.41, 5.74) is 9.15. The number of anilines is 1. The van der Waals surface area contributed by atoms with Crippen molar-refractivity contribution in [2.45, 2.75) is 19.3 Å². The molecule has 1 aromatic carbocycles. The number of nitrogen functional groups attached to an aromatic ring is 1. The minimum absolute atomic E-state index is 0.441. The molecule has 0 radical (unpaired) electrons. The van der Waals surface area contributed by atoms with Crippen molar-refractivity contribution in [1.82, 2.24) is 10.1 Å². The van der Waals surface area contributed by atoms with Crippen LogP contribution in [0.2, 0.25) is 0 Å². The molecule has 0 aliphatic heterocycles. The molecule has 3 rings (SSSR count). The van der Waals surface area contributed by atoms with Gasteiger partial charge in [0.15, 0.2) is 5.82 Å². The van der Waals surface area contributed by atoms with Crippen LogP contribution in [0.5, 0.6) is 0 Å². The fourth-order valence-electron chi connectivity index (χ4n) is 2.43. The maximum atomic E-state index is 5.93. The Hall–Kier alpha value is -2.62. The Bertz CT molecular complexity index is 693. The van der Waals surface area contributed by atoms with Crippen molar-refractivity contribution in [3.8, 4) is 11.1 Å². The normalized spacial score (nSPS) is 10.7. The van der Waals surface area contributed by atoms with Crippen LogP contribution in [0.15, 0.2) is 59.4 Å². The van der Waals surface area contributed by atoms with Crippen LogP contribution in [-0.2, 0) is 12.8 Å². The molecule has 0 aliphatic carbocycles. The van der Waals surface area contributed by atoms with Gasteiger partial charge in [-0.15, -0.1) is 0 Å². The van der Waals surface area contributed by atoms with Gasteiger partial charge in [0.05, 0.1) is 5.56 Å². The van der Waals surface area contributed by atoms with Crippen molar-refractivity contribution in [2.24, 2.45) is 0 Å². The molecule has 0 unspecified atom stereocenters. The first-order valence-corrected chi connectivity index (χ1v) is 7.03. The van der Waals surface area contributed by atoms with Gasteiger partial charge in [-0.25, -0.2) is 0 Å². The van der Waals surface area contributed by atoms with Crippen molar-refractivity contribution in [1.29, 1.82) is 0 Å². The van der Waals surface area contributed by atoms with Gasteiger partial charge in [0.2, 0.25) is 0 Å². The molecule has 0 bridgehead atoms. The average molecular weight is 279 g/mol. The van der Waals surface area contributed by atoms with Crippen molar-refractivity contribution < 1.29 is 4.52 Å². The number of aromatic nitrogens is 2. The molecule has 3 aromatic rings. The molecule has 106 valence electrons. The Morgan fingerprint density at radius 2 is 1.71 bits per heavy atom. The van der Waals surface area contributed by atoms with E-state index in [1.165, 1.54) is 5.56 Å². The Kier molecular flexibility index (Phi) is 3.96. The molecule has 0 spiro atoms. The summed E-state index contributed by atoms with van der Waals surface area (Å²) >= 11 is 0. The zero-order valence-electron chi connectivity index (χ0n) is 11.7. The second-order valence-electron chi connectivity index (χ2n) is 4.94. The van der Waals surface area contributed by atoms with Crippen molar-refractivity contribution in [3.63, 3.8) is 0 Å². The number of aryl methyl sites for hydroxylation is 2. The van der Waals surface area contributed by atoms with Gasteiger partial charge >= 0.3 is 0 Å². The van der Waals surface area contributed by atoms with E-state index in [0.29, 0.717) is 5.82 Å². The standard InChI is InChI=1S/C17H17N3O/c18-17-16(14-9-11-19-12-10-14)15(21-20-17)8-4-7-13-5-2-1-3-6-13/h1-3,5-6,9-12H,4,7-8H2,(H2,18,20). The highest BCUT2D eigenvalue weighted by Gasteiger charge is 2.15. The van der Waals surface area contributed by atoms with E-state index in [1.807, 2.05) is 18.2 Å². The van der Waals surface area contributed by atoms with Gasteiger partial charge in [0.1, 0.15) is 5.76 Å². The SMILES string of the molecule is Nc1noc(CCCc2ccccc2)c1-c1ccncc1. The molecule has 2 aromatic heterocycles. The van der Waals surface area contributed by atoms with Crippen LogP contribution in [0, 0.1) is 0 Å². The van der Waals surface area contributed by atoms with E-state index in [4.69, 9.17) is 10.3 Å². The topological polar surface area (TPSA) is 64.9 Å². The van der Waals surface area contributed by atoms with E-state index in [2.05, 4.69) is 34.4 Å². The molecule has 2 heterocycles. The number of rotatable bonds is 5. The largest absolute Gasteiger partial charge is 0.380 e. The summed E-state index contributed by atoms with van der Waals surface area (Å²) in [6.07, 6.45) is 6.32. The molecular weight excluding hydrogens is 262 g/mol. The summed E-state index contributed by atoms with van der Waals surface area (Å²) in [6.45, 7) is 0. The zero-order valence-corrected chi connectivity index (χ0v) is 11.7. The number of hydrogen-bond donors (Lipinski definition) is 1. The smallest absolute Gasteiger partial charge is 0.175 e. The number of hydrogen-bond acceptors (Lipinski definition) is 4. The molecule has 4 nitrogen and oxygen atoms in total.